The molecule has 0 bridgehead atoms. The van der Waals surface area contributed by atoms with Gasteiger partial charge in [0.15, 0.2) is 6.20 Å². The van der Waals surface area contributed by atoms with E-state index in [9.17, 15) is 5.21 Å². The maximum Gasteiger partial charge on any atom is 0.252 e. The molecule has 0 saturated carbocycles. The summed E-state index contributed by atoms with van der Waals surface area (Å²) in [6.07, 6.45) is 1.55. The monoisotopic (exact) mass is 291 g/mol. The molecule has 0 fully saturated rings. The maximum atomic E-state index is 11.9. The Morgan fingerprint density at radius 1 is 0.762 bits per heavy atom. The molecule has 0 saturated heterocycles. The number of hydrogen-bond acceptors (Lipinski definition) is 2. The minimum Gasteiger partial charge on any atom is -0.618 e. The normalized spacial score (nSPS) is 13.0. The molecule has 0 amide bonds. The number of pyridine rings is 1. The molecule has 2 aromatic carbocycles. The maximum absolute atomic E-state index is 11.9. The molecule has 4 rings (SSSR count). The van der Waals surface area contributed by atoms with Crippen molar-refractivity contribution in [1.29, 1.82) is 0 Å². The predicted octanol–water partition coefficient (Wildman–Crippen LogP) is 4.18. The van der Waals surface area contributed by atoms with Gasteiger partial charge >= 0.3 is 0 Å². The van der Waals surface area contributed by atoms with Crippen molar-refractivity contribution in [2.75, 3.05) is 0 Å². The number of rotatable bonds is 2. The fraction of sp³-hybridized carbons (Fsp3) is 0.0556. The van der Waals surface area contributed by atoms with Crippen LogP contribution >= 0.6 is 11.8 Å². The van der Waals surface area contributed by atoms with E-state index in [1.807, 2.05) is 12.1 Å². The molecule has 0 N–H and O–H groups in total. The average Bonchev–Trinajstić information content (AvgIpc) is 2.85. The van der Waals surface area contributed by atoms with Crippen LogP contribution in [0.2, 0.25) is 0 Å². The van der Waals surface area contributed by atoms with E-state index in [0.717, 1.165) is 9.76 Å². The van der Waals surface area contributed by atoms with Crippen molar-refractivity contribution in [2.45, 2.75) is 10.3 Å². The van der Waals surface area contributed by atoms with Gasteiger partial charge in [-0.3, -0.25) is 0 Å². The van der Waals surface area contributed by atoms with Crippen LogP contribution < -0.4 is 4.73 Å². The summed E-state index contributed by atoms with van der Waals surface area (Å²) in [5.74, 6) is 0. The summed E-state index contributed by atoms with van der Waals surface area (Å²) >= 11 is 1.61. The fourth-order valence-electron chi connectivity index (χ4n) is 2.86. The first kappa shape index (κ1) is 12.5. The van der Waals surface area contributed by atoms with Gasteiger partial charge in [0.05, 0.1) is 5.25 Å². The lowest BCUT2D eigenvalue weighted by Gasteiger charge is -2.12. The lowest BCUT2D eigenvalue weighted by atomic mass is 10.1. The highest BCUT2D eigenvalue weighted by Crippen LogP contribution is 2.51. The van der Waals surface area contributed by atoms with Crippen LogP contribution in [0.5, 0.6) is 0 Å². The Bertz CT molecular complexity index is 770. The number of hydrogen-bond donors (Lipinski definition) is 0. The van der Waals surface area contributed by atoms with Crippen LogP contribution in [0.15, 0.2) is 78.0 Å². The first-order valence-corrected chi connectivity index (χ1v) is 7.75. The third kappa shape index (κ3) is 2.01. The van der Waals surface area contributed by atoms with Crippen molar-refractivity contribution in [1.82, 2.24) is 0 Å². The van der Waals surface area contributed by atoms with Gasteiger partial charge in [0.2, 0.25) is 0 Å². The molecule has 3 aromatic rings. The average molecular weight is 291 g/mol. The second-order valence-electron chi connectivity index (χ2n) is 5.04. The van der Waals surface area contributed by atoms with Crippen molar-refractivity contribution in [2.24, 2.45) is 0 Å². The van der Waals surface area contributed by atoms with Crippen LogP contribution in [-0.4, -0.2) is 0 Å². The van der Waals surface area contributed by atoms with Crippen molar-refractivity contribution in [3.63, 3.8) is 0 Å². The van der Waals surface area contributed by atoms with Gasteiger partial charge in [0.1, 0.15) is 0 Å². The SMILES string of the molecule is [O-][n+]1ccccc1SC1c2ccccc2-c2ccccc21. The lowest BCUT2D eigenvalue weighted by Crippen LogP contribution is -2.27. The third-order valence-corrected chi connectivity index (χ3v) is 5.10. The molecule has 2 nitrogen and oxygen atoms in total. The summed E-state index contributed by atoms with van der Waals surface area (Å²) in [4.78, 5) is 0. The summed E-state index contributed by atoms with van der Waals surface area (Å²) in [6, 6.07) is 22.4. The zero-order chi connectivity index (χ0) is 14.2. The van der Waals surface area contributed by atoms with Crippen molar-refractivity contribution in [3.8, 4) is 11.1 Å². The van der Waals surface area contributed by atoms with E-state index in [2.05, 4.69) is 48.5 Å². The number of aromatic nitrogens is 1. The summed E-state index contributed by atoms with van der Waals surface area (Å²) in [7, 11) is 0. The Morgan fingerprint density at radius 2 is 1.33 bits per heavy atom. The van der Waals surface area contributed by atoms with Gasteiger partial charge in [-0.15, -0.1) is 0 Å². The first-order chi connectivity index (χ1) is 10.3. The molecule has 102 valence electrons. The Morgan fingerprint density at radius 3 is 1.95 bits per heavy atom. The molecule has 0 unspecified atom stereocenters. The highest BCUT2D eigenvalue weighted by atomic mass is 32.2. The molecular formula is C18H13NOS. The van der Waals surface area contributed by atoms with Gasteiger partial charge in [-0.25, -0.2) is 0 Å². The second kappa shape index (κ2) is 4.93. The summed E-state index contributed by atoms with van der Waals surface area (Å²) < 4.78 is 0.939. The molecule has 3 heteroatoms. The predicted molar refractivity (Wildman–Crippen MR) is 85.0 cm³/mol. The zero-order valence-electron chi connectivity index (χ0n) is 11.3. The summed E-state index contributed by atoms with van der Waals surface area (Å²) in [6.45, 7) is 0. The molecule has 1 heterocycles. The first-order valence-electron chi connectivity index (χ1n) is 6.87. The minimum absolute atomic E-state index is 0.181. The largest absolute Gasteiger partial charge is 0.618 e. The van der Waals surface area contributed by atoms with Gasteiger partial charge in [0, 0.05) is 12.1 Å². The molecule has 1 aliphatic rings. The topological polar surface area (TPSA) is 26.9 Å². The van der Waals surface area contributed by atoms with Gasteiger partial charge in [-0.05, 0) is 40.1 Å². The Balaban J connectivity index is 1.84. The second-order valence-corrected chi connectivity index (χ2v) is 6.16. The summed E-state index contributed by atoms with van der Waals surface area (Å²) in [5, 5.41) is 12.8. The molecule has 1 aliphatic carbocycles. The molecule has 1 aromatic heterocycles. The standard InChI is InChI=1S/C18H13NOS/c20-19-12-6-5-11-17(19)21-18-15-9-3-1-7-13(15)14-8-2-4-10-16(14)18/h1-12,18H. The molecular weight excluding hydrogens is 278 g/mol. The van der Waals surface area contributed by atoms with E-state index >= 15 is 0 Å². The number of benzene rings is 2. The molecule has 0 radical (unpaired) electrons. The Kier molecular flexibility index (Phi) is 2.93. The zero-order valence-corrected chi connectivity index (χ0v) is 12.1. The number of thioether (sulfide) groups is 1. The van der Waals surface area contributed by atoms with Crippen molar-refractivity contribution >= 4 is 11.8 Å². The Hall–Kier alpha value is -2.26. The number of nitrogens with zero attached hydrogens (tertiary/aromatic N) is 1. The lowest BCUT2D eigenvalue weighted by molar-refractivity contribution is -0.645. The summed E-state index contributed by atoms with van der Waals surface area (Å²) in [5.41, 5.74) is 5.12. The minimum atomic E-state index is 0.181. The third-order valence-electron chi connectivity index (χ3n) is 3.80. The van der Waals surface area contributed by atoms with E-state index in [0.29, 0.717) is 0 Å². The van der Waals surface area contributed by atoms with Crippen molar-refractivity contribution in [3.05, 3.63) is 89.3 Å². The molecule has 0 atom stereocenters. The van der Waals surface area contributed by atoms with E-state index in [4.69, 9.17) is 0 Å². The highest BCUT2D eigenvalue weighted by molar-refractivity contribution is 7.99. The van der Waals surface area contributed by atoms with Crippen LogP contribution in [0.25, 0.3) is 11.1 Å². The quantitative estimate of drug-likeness (QED) is 0.523. The smallest absolute Gasteiger partial charge is 0.252 e. The van der Waals surface area contributed by atoms with Crippen LogP contribution in [0.3, 0.4) is 0 Å². The van der Waals surface area contributed by atoms with Crippen molar-refractivity contribution < 1.29 is 4.73 Å². The van der Waals surface area contributed by atoms with E-state index in [1.165, 1.54) is 22.3 Å². The fourth-order valence-corrected chi connectivity index (χ4v) is 4.09. The van der Waals surface area contributed by atoms with Gasteiger partial charge < -0.3 is 5.21 Å². The van der Waals surface area contributed by atoms with E-state index in [-0.39, 0.29) is 5.25 Å². The van der Waals surface area contributed by atoms with Gasteiger partial charge in [-0.1, -0.05) is 48.5 Å². The highest BCUT2D eigenvalue weighted by Gasteiger charge is 2.30. The van der Waals surface area contributed by atoms with Crippen LogP contribution in [0, 0.1) is 5.21 Å². The van der Waals surface area contributed by atoms with Crippen LogP contribution in [0.4, 0.5) is 0 Å². The van der Waals surface area contributed by atoms with Crippen LogP contribution in [0.1, 0.15) is 16.4 Å². The van der Waals surface area contributed by atoms with E-state index < -0.39 is 0 Å². The molecule has 0 aliphatic heterocycles. The Labute approximate surface area is 127 Å². The number of fused-ring (bicyclic) bond motifs is 3. The molecule has 21 heavy (non-hydrogen) atoms. The van der Waals surface area contributed by atoms with Gasteiger partial charge in [-0.2, -0.15) is 4.73 Å². The van der Waals surface area contributed by atoms with Gasteiger partial charge in [0.25, 0.3) is 5.03 Å². The van der Waals surface area contributed by atoms with Crippen LogP contribution in [-0.2, 0) is 0 Å². The van der Waals surface area contributed by atoms with E-state index in [1.54, 1.807) is 24.0 Å². The molecule has 0 spiro atoms.